The molecule has 2 fully saturated rings. The number of rotatable bonds is 3. The number of fused-ring (bicyclic) bond motifs is 2. The van der Waals surface area contributed by atoms with Gasteiger partial charge in [-0.25, -0.2) is 13.2 Å². The zero-order chi connectivity index (χ0) is 16.6. The van der Waals surface area contributed by atoms with Gasteiger partial charge in [-0.15, -0.1) is 12.4 Å². The van der Waals surface area contributed by atoms with Crippen molar-refractivity contribution in [2.24, 2.45) is 0 Å². The van der Waals surface area contributed by atoms with E-state index in [0.717, 1.165) is 19.3 Å². The lowest BCUT2D eigenvalue weighted by atomic mass is 10.1. The van der Waals surface area contributed by atoms with Gasteiger partial charge in [0, 0.05) is 30.2 Å². The summed E-state index contributed by atoms with van der Waals surface area (Å²) in [6, 6.07) is 4.74. The van der Waals surface area contributed by atoms with Crippen molar-refractivity contribution in [1.29, 1.82) is 0 Å². The van der Waals surface area contributed by atoms with Crippen LogP contribution in [0.5, 0.6) is 0 Å². The van der Waals surface area contributed by atoms with Crippen molar-refractivity contribution >= 4 is 40.0 Å². The fourth-order valence-corrected chi connectivity index (χ4v) is 5.20. The first-order chi connectivity index (χ1) is 10.9. The molecule has 2 aliphatic rings. The number of benzene rings is 1. The molecule has 1 aromatic carbocycles. The Kier molecular flexibility index (Phi) is 6.14. The van der Waals surface area contributed by atoms with Crippen molar-refractivity contribution < 1.29 is 17.9 Å². The third-order valence-electron chi connectivity index (χ3n) is 4.45. The fraction of sp³-hybridized carbons (Fsp3) is 0.533. The molecule has 1 N–H and O–H groups in total. The minimum Gasteiger partial charge on any atom is -0.465 e. The fourth-order valence-electron chi connectivity index (χ4n) is 3.26. The first-order valence-electron chi connectivity index (χ1n) is 7.56. The minimum atomic E-state index is -3.81. The summed E-state index contributed by atoms with van der Waals surface area (Å²) in [6.07, 6.45) is 2.82. The Bertz CT molecular complexity index is 726. The highest BCUT2D eigenvalue weighted by molar-refractivity contribution is 7.89. The first-order valence-corrected chi connectivity index (χ1v) is 9.37. The molecule has 1 aromatic rings. The van der Waals surface area contributed by atoms with Gasteiger partial charge < -0.3 is 10.1 Å². The SMILES string of the molecule is COC(=O)c1ccc(Cl)cc1S(=O)(=O)N1CCC2CCC(C1)N2.Cl. The van der Waals surface area contributed by atoms with E-state index >= 15 is 0 Å². The number of ether oxygens (including phenoxy) is 1. The summed E-state index contributed by atoms with van der Waals surface area (Å²) in [5.41, 5.74) is 0.0132. The van der Waals surface area contributed by atoms with E-state index in [-0.39, 0.29) is 33.9 Å². The van der Waals surface area contributed by atoms with Crippen LogP contribution in [0.1, 0.15) is 29.6 Å². The maximum absolute atomic E-state index is 13.0. The molecular formula is C15H20Cl2N2O4S. The Labute approximate surface area is 153 Å². The zero-order valence-corrected chi connectivity index (χ0v) is 15.6. The number of hydrogen-bond acceptors (Lipinski definition) is 5. The van der Waals surface area contributed by atoms with Gasteiger partial charge in [-0.2, -0.15) is 4.31 Å². The number of sulfonamides is 1. The van der Waals surface area contributed by atoms with Gasteiger partial charge in [0.05, 0.1) is 17.6 Å². The summed E-state index contributed by atoms with van der Waals surface area (Å²) in [6.45, 7) is 0.843. The zero-order valence-electron chi connectivity index (χ0n) is 13.2. The molecule has 6 nitrogen and oxygen atoms in total. The molecule has 2 heterocycles. The Morgan fingerprint density at radius 1 is 1.29 bits per heavy atom. The van der Waals surface area contributed by atoms with Crippen LogP contribution >= 0.6 is 24.0 Å². The van der Waals surface area contributed by atoms with Crippen LogP contribution in [0.2, 0.25) is 5.02 Å². The molecule has 134 valence electrons. The molecule has 0 saturated carbocycles. The highest BCUT2D eigenvalue weighted by Crippen LogP contribution is 2.28. The lowest BCUT2D eigenvalue weighted by molar-refractivity contribution is 0.0596. The van der Waals surface area contributed by atoms with Crippen LogP contribution in [0.4, 0.5) is 0 Å². The maximum Gasteiger partial charge on any atom is 0.339 e. The van der Waals surface area contributed by atoms with Crippen LogP contribution in [-0.2, 0) is 14.8 Å². The predicted octanol–water partition coefficient (Wildman–Crippen LogP) is 2.06. The summed E-state index contributed by atoms with van der Waals surface area (Å²) >= 11 is 5.96. The van der Waals surface area contributed by atoms with Gasteiger partial charge in [0.2, 0.25) is 10.0 Å². The van der Waals surface area contributed by atoms with Crippen molar-refractivity contribution in [1.82, 2.24) is 9.62 Å². The van der Waals surface area contributed by atoms with Crippen LogP contribution in [0.3, 0.4) is 0 Å². The summed E-state index contributed by atoms with van der Waals surface area (Å²) < 4.78 is 32.2. The van der Waals surface area contributed by atoms with E-state index in [0.29, 0.717) is 19.1 Å². The number of methoxy groups -OCH3 is 1. The molecule has 0 aliphatic carbocycles. The van der Waals surface area contributed by atoms with Gasteiger partial charge in [0.25, 0.3) is 0 Å². The lowest BCUT2D eigenvalue weighted by Gasteiger charge is -2.24. The smallest absolute Gasteiger partial charge is 0.339 e. The third-order valence-corrected chi connectivity index (χ3v) is 6.59. The predicted molar refractivity (Wildman–Crippen MR) is 93.4 cm³/mol. The van der Waals surface area contributed by atoms with Crippen molar-refractivity contribution in [3.05, 3.63) is 28.8 Å². The van der Waals surface area contributed by atoms with Gasteiger partial charge in [-0.1, -0.05) is 11.6 Å². The maximum atomic E-state index is 13.0. The Hall–Kier alpha value is -0.860. The van der Waals surface area contributed by atoms with Crippen molar-refractivity contribution in [3.63, 3.8) is 0 Å². The number of carbonyl (C=O) groups is 1. The van der Waals surface area contributed by atoms with E-state index in [9.17, 15) is 13.2 Å². The Morgan fingerprint density at radius 2 is 2.00 bits per heavy atom. The number of carbonyl (C=O) groups excluding carboxylic acids is 1. The average molecular weight is 395 g/mol. The van der Waals surface area contributed by atoms with Crippen LogP contribution < -0.4 is 5.32 Å². The number of nitrogens with one attached hydrogen (secondary N) is 1. The second-order valence-corrected chi connectivity index (χ2v) is 8.26. The highest BCUT2D eigenvalue weighted by atomic mass is 35.5. The number of halogens is 2. The molecule has 0 radical (unpaired) electrons. The molecular weight excluding hydrogens is 375 g/mol. The topological polar surface area (TPSA) is 75.7 Å². The van der Waals surface area contributed by atoms with E-state index < -0.39 is 16.0 Å². The largest absolute Gasteiger partial charge is 0.465 e. The summed E-state index contributed by atoms with van der Waals surface area (Å²) in [4.78, 5) is 11.8. The highest BCUT2D eigenvalue weighted by Gasteiger charge is 2.36. The van der Waals surface area contributed by atoms with Gasteiger partial charge in [0.1, 0.15) is 0 Å². The molecule has 2 bridgehead atoms. The summed E-state index contributed by atoms with van der Waals surface area (Å²) in [5.74, 6) is -0.685. The van der Waals surface area contributed by atoms with Crippen molar-refractivity contribution in [3.8, 4) is 0 Å². The van der Waals surface area contributed by atoms with Gasteiger partial charge in [-0.05, 0) is 37.5 Å². The van der Waals surface area contributed by atoms with Crippen molar-refractivity contribution in [2.45, 2.75) is 36.2 Å². The monoisotopic (exact) mass is 394 g/mol. The standard InChI is InChI=1S/C15H19ClN2O4S.ClH/c1-22-15(19)13-5-2-10(16)8-14(13)23(20,21)18-7-6-11-3-4-12(9-18)17-11;/h2,5,8,11-12,17H,3-4,6-7,9H2,1H3;1H. The number of nitrogens with zero attached hydrogens (tertiary/aromatic N) is 1. The van der Waals surface area contributed by atoms with Crippen LogP contribution in [0.25, 0.3) is 0 Å². The number of hydrogen-bond donors (Lipinski definition) is 1. The van der Waals surface area contributed by atoms with Gasteiger partial charge in [-0.3, -0.25) is 0 Å². The molecule has 2 atom stereocenters. The van der Waals surface area contributed by atoms with E-state index in [2.05, 4.69) is 5.32 Å². The number of esters is 1. The second kappa shape index (κ2) is 7.58. The molecule has 2 saturated heterocycles. The molecule has 9 heteroatoms. The molecule has 2 aliphatic heterocycles. The minimum absolute atomic E-state index is 0. The molecule has 0 spiro atoms. The molecule has 2 unspecified atom stereocenters. The quantitative estimate of drug-likeness (QED) is 0.793. The van der Waals surface area contributed by atoms with E-state index in [1.165, 1.54) is 29.6 Å². The second-order valence-electron chi connectivity index (χ2n) is 5.92. The average Bonchev–Trinajstić information content (AvgIpc) is 2.85. The Balaban J connectivity index is 0.00000208. The molecule has 0 aromatic heterocycles. The van der Waals surface area contributed by atoms with Crippen LogP contribution in [0, 0.1) is 0 Å². The molecule has 0 amide bonds. The van der Waals surface area contributed by atoms with Gasteiger partial charge in [0.15, 0.2) is 0 Å². The summed E-state index contributed by atoms with van der Waals surface area (Å²) in [5, 5.41) is 3.71. The molecule has 24 heavy (non-hydrogen) atoms. The van der Waals surface area contributed by atoms with E-state index in [1.54, 1.807) is 0 Å². The van der Waals surface area contributed by atoms with Gasteiger partial charge >= 0.3 is 5.97 Å². The third kappa shape index (κ3) is 3.70. The lowest BCUT2D eigenvalue weighted by Crippen LogP contribution is -2.39. The van der Waals surface area contributed by atoms with E-state index in [4.69, 9.17) is 16.3 Å². The van der Waals surface area contributed by atoms with E-state index in [1.807, 2.05) is 0 Å². The summed E-state index contributed by atoms with van der Waals surface area (Å²) in [7, 11) is -2.58. The van der Waals surface area contributed by atoms with Crippen LogP contribution in [0.15, 0.2) is 23.1 Å². The van der Waals surface area contributed by atoms with Crippen molar-refractivity contribution in [2.75, 3.05) is 20.2 Å². The first kappa shape index (κ1) is 19.5. The Morgan fingerprint density at radius 3 is 2.71 bits per heavy atom. The molecule has 3 rings (SSSR count). The van der Waals surface area contributed by atoms with Crippen LogP contribution in [-0.4, -0.2) is 51.0 Å². The normalized spacial score (nSPS) is 24.1.